The third-order valence-corrected chi connectivity index (χ3v) is 2.09. The van der Waals surface area contributed by atoms with Gasteiger partial charge in [-0.25, -0.2) is 4.39 Å². The van der Waals surface area contributed by atoms with E-state index in [1.54, 1.807) is 0 Å². The lowest BCUT2D eigenvalue weighted by molar-refractivity contribution is 0.0458. The van der Waals surface area contributed by atoms with Gasteiger partial charge in [-0.3, -0.25) is 5.41 Å². The summed E-state index contributed by atoms with van der Waals surface area (Å²) in [6, 6.07) is 0. The SMILES string of the molecule is N=C(N)SC=C(F)C(F)(F)CBr. The maximum Gasteiger partial charge on any atom is 0.308 e. The van der Waals surface area contributed by atoms with Gasteiger partial charge in [0.1, 0.15) is 0 Å². The molecule has 0 atom stereocenters. The summed E-state index contributed by atoms with van der Waals surface area (Å²) in [5.41, 5.74) is 4.80. The smallest absolute Gasteiger partial charge is 0.308 e. The van der Waals surface area contributed by atoms with Crippen LogP contribution in [0.2, 0.25) is 0 Å². The van der Waals surface area contributed by atoms with Crippen LogP contribution in [0.5, 0.6) is 0 Å². The quantitative estimate of drug-likeness (QED) is 0.467. The molecule has 0 spiro atoms. The molecule has 0 unspecified atom stereocenters. The largest absolute Gasteiger partial charge is 0.378 e. The Hall–Kier alpha value is -0.170. The molecule has 70 valence electrons. The predicted molar refractivity (Wildman–Crippen MR) is 47.4 cm³/mol. The van der Waals surface area contributed by atoms with Crippen LogP contribution in [-0.2, 0) is 0 Å². The van der Waals surface area contributed by atoms with Crippen LogP contribution in [0.25, 0.3) is 0 Å². The monoisotopic (exact) mass is 262 g/mol. The highest BCUT2D eigenvalue weighted by molar-refractivity contribution is 9.09. The molecule has 0 aromatic heterocycles. The molecule has 0 bridgehead atoms. The van der Waals surface area contributed by atoms with E-state index in [2.05, 4.69) is 15.9 Å². The predicted octanol–water partition coefficient (Wildman–Crippen LogP) is 2.45. The molecule has 0 aromatic carbocycles. The van der Waals surface area contributed by atoms with Gasteiger partial charge in [0.25, 0.3) is 0 Å². The van der Waals surface area contributed by atoms with E-state index in [0.29, 0.717) is 17.2 Å². The van der Waals surface area contributed by atoms with Crippen molar-refractivity contribution in [3.63, 3.8) is 0 Å². The van der Waals surface area contributed by atoms with Crippen molar-refractivity contribution >= 4 is 32.9 Å². The van der Waals surface area contributed by atoms with Gasteiger partial charge in [0, 0.05) is 5.41 Å². The molecule has 0 aliphatic heterocycles. The summed E-state index contributed by atoms with van der Waals surface area (Å²) in [5.74, 6) is -5.12. The van der Waals surface area contributed by atoms with Crippen molar-refractivity contribution in [2.45, 2.75) is 5.92 Å². The fourth-order valence-corrected chi connectivity index (χ4v) is 0.936. The third kappa shape index (κ3) is 4.01. The lowest BCUT2D eigenvalue weighted by atomic mass is 10.4. The highest BCUT2D eigenvalue weighted by Crippen LogP contribution is 2.28. The Morgan fingerprint density at radius 3 is 2.50 bits per heavy atom. The number of nitrogens with two attached hydrogens (primary N) is 1. The first kappa shape index (κ1) is 11.8. The Balaban J connectivity index is 4.26. The molecule has 12 heavy (non-hydrogen) atoms. The molecule has 7 heteroatoms. The summed E-state index contributed by atoms with van der Waals surface area (Å²) >= 11 is 2.86. The Morgan fingerprint density at radius 2 is 2.17 bits per heavy atom. The van der Waals surface area contributed by atoms with Gasteiger partial charge in [-0.2, -0.15) is 8.78 Å². The minimum Gasteiger partial charge on any atom is -0.378 e. The average molecular weight is 263 g/mol. The second-order valence-corrected chi connectivity index (χ2v) is 3.26. The maximum absolute atomic E-state index is 12.4. The topological polar surface area (TPSA) is 49.9 Å². The molecule has 0 heterocycles. The highest BCUT2D eigenvalue weighted by Gasteiger charge is 2.33. The number of nitrogens with one attached hydrogen (secondary N) is 1. The summed E-state index contributed by atoms with van der Waals surface area (Å²) in [4.78, 5) is 0. The van der Waals surface area contributed by atoms with Gasteiger partial charge in [-0.15, -0.1) is 0 Å². The van der Waals surface area contributed by atoms with Gasteiger partial charge >= 0.3 is 5.92 Å². The second-order valence-electron chi connectivity index (χ2n) is 1.79. The van der Waals surface area contributed by atoms with Crippen molar-refractivity contribution in [1.82, 2.24) is 0 Å². The van der Waals surface area contributed by atoms with Gasteiger partial charge < -0.3 is 5.73 Å². The molecular formula is C5H6BrF3N2S. The lowest BCUT2D eigenvalue weighted by Crippen LogP contribution is -2.18. The summed E-state index contributed by atoms with van der Waals surface area (Å²) < 4.78 is 37.2. The van der Waals surface area contributed by atoms with Crippen molar-refractivity contribution < 1.29 is 13.2 Å². The van der Waals surface area contributed by atoms with Crippen molar-refractivity contribution in [3.8, 4) is 0 Å². The first-order valence-electron chi connectivity index (χ1n) is 2.70. The first-order chi connectivity index (χ1) is 5.40. The number of hydrogen-bond acceptors (Lipinski definition) is 2. The van der Waals surface area contributed by atoms with Crippen LogP contribution in [0.1, 0.15) is 0 Å². The summed E-state index contributed by atoms with van der Waals surface area (Å²) in [7, 11) is 0. The fourth-order valence-electron chi connectivity index (χ4n) is 0.265. The molecule has 0 aliphatic rings. The Bertz CT molecular complexity index is 207. The van der Waals surface area contributed by atoms with E-state index in [1.807, 2.05) is 0 Å². The van der Waals surface area contributed by atoms with Crippen LogP contribution >= 0.6 is 27.7 Å². The molecule has 3 N–H and O–H groups in total. The minimum atomic E-state index is -3.53. The molecule has 0 saturated carbocycles. The zero-order valence-electron chi connectivity index (χ0n) is 5.78. The molecule has 0 aromatic rings. The molecule has 0 fully saturated rings. The molecule has 0 saturated heterocycles. The molecule has 0 amide bonds. The number of alkyl halides is 3. The Morgan fingerprint density at radius 1 is 1.67 bits per heavy atom. The number of hydrogen-bond donors (Lipinski definition) is 2. The van der Waals surface area contributed by atoms with E-state index in [4.69, 9.17) is 11.1 Å². The van der Waals surface area contributed by atoms with Crippen LogP contribution < -0.4 is 5.73 Å². The first-order valence-corrected chi connectivity index (χ1v) is 4.71. The molecule has 2 nitrogen and oxygen atoms in total. The number of halogens is 4. The summed E-state index contributed by atoms with van der Waals surface area (Å²) in [5, 5.41) is 5.91. The Labute approximate surface area is 80.0 Å². The standard InChI is InChI=1S/C5H6BrF3N2S/c6-2-5(8,9)3(7)1-12-4(10)11/h1H,2H2,(H3,10,11). The van der Waals surface area contributed by atoms with Gasteiger partial charge in [0.15, 0.2) is 11.0 Å². The van der Waals surface area contributed by atoms with Crippen molar-refractivity contribution in [3.05, 3.63) is 11.2 Å². The average Bonchev–Trinajstić information content (AvgIpc) is 2.00. The van der Waals surface area contributed by atoms with Crippen LogP contribution in [0.3, 0.4) is 0 Å². The highest BCUT2D eigenvalue weighted by atomic mass is 79.9. The number of thioether (sulfide) groups is 1. The summed E-state index contributed by atoms with van der Waals surface area (Å²) in [6.07, 6.45) is 0. The molecule has 0 aliphatic carbocycles. The number of rotatable bonds is 3. The second kappa shape index (κ2) is 4.76. The van der Waals surface area contributed by atoms with Crippen molar-refractivity contribution in [2.75, 3.05) is 5.33 Å². The minimum absolute atomic E-state index is 0.405. The maximum atomic E-state index is 12.4. The van der Waals surface area contributed by atoms with Crippen molar-refractivity contribution in [1.29, 1.82) is 5.41 Å². The fraction of sp³-hybridized carbons (Fsp3) is 0.400. The van der Waals surface area contributed by atoms with Crippen LogP contribution in [0.15, 0.2) is 11.2 Å². The van der Waals surface area contributed by atoms with E-state index in [1.165, 1.54) is 0 Å². The van der Waals surface area contributed by atoms with Gasteiger partial charge in [-0.1, -0.05) is 27.7 Å². The van der Waals surface area contributed by atoms with Gasteiger partial charge in [0.2, 0.25) is 0 Å². The van der Waals surface area contributed by atoms with E-state index in [0.717, 1.165) is 0 Å². The van der Waals surface area contributed by atoms with Crippen LogP contribution in [-0.4, -0.2) is 16.4 Å². The number of amidine groups is 1. The van der Waals surface area contributed by atoms with E-state index < -0.39 is 22.2 Å². The molecule has 0 radical (unpaired) electrons. The van der Waals surface area contributed by atoms with Crippen LogP contribution in [0, 0.1) is 5.41 Å². The molecular weight excluding hydrogens is 257 g/mol. The van der Waals surface area contributed by atoms with E-state index in [9.17, 15) is 13.2 Å². The Kier molecular flexibility index (Phi) is 4.69. The third-order valence-electron chi connectivity index (χ3n) is 0.807. The zero-order valence-corrected chi connectivity index (χ0v) is 8.18. The summed E-state index contributed by atoms with van der Waals surface area (Å²) in [6.45, 7) is 0. The number of allylic oxidation sites excluding steroid dienone is 1. The van der Waals surface area contributed by atoms with E-state index in [-0.39, 0.29) is 0 Å². The van der Waals surface area contributed by atoms with Crippen molar-refractivity contribution in [2.24, 2.45) is 5.73 Å². The molecule has 0 rings (SSSR count). The van der Waals surface area contributed by atoms with Gasteiger partial charge in [-0.05, 0) is 0 Å². The zero-order chi connectivity index (χ0) is 9.78. The lowest BCUT2D eigenvalue weighted by Gasteiger charge is -2.09. The normalized spacial score (nSPS) is 13.2. The van der Waals surface area contributed by atoms with Crippen LogP contribution in [0.4, 0.5) is 13.2 Å². The van der Waals surface area contributed by atoms with Gasteiger partial charge in [0.05, 0.1) is 5.33 Å². The van der Waals surface area contributed by atoms with E-state index >= 15 is 0 Å².